The summed E-state index contributed by atoms with van der Waals surface area (Å²) in [4.78, 5) is 14.8. The first kappa shape index (κ1) is 20.8. The molecule has 1 saturated heterocycles. The van der Waals surface area contributed by atoms with E-state index < -0.39 is 15.9 Å². The van der Waals surface area contributed by atoms with E-state index in [9.17, 15) is 9.00 Å². The van der Waals surface area contributed by atoms with Crippen molar-refractivity contribution in [1.82, 2.24) is 9.62 Å². The summed E-state index contributed by atoms with van der Waals surface area (Å²) in [6.45, 7) is 1.87. The number of carbonyl (C=O) groups excluding carboxylic acids is 1. The fourth-order valence-corrected chi connectivity index (χ4v) is 5.31. The molecule has 4 rings (SSSR count). The van der Waals surface area contributed by atoms with Gasteiger partial charge in [-0.2, -0.15) is 5.26 Å². The first-order chi connectivity index (χ1) is 14.5. The number of anilines is 1. The molecule has 1 aromatic rings. The van der Waals surface area contributed by atoms with Crippen LogP contribution in [-0.2, 0) is 40.3 Å². The standard InChI is InChI=1S/C21H27N5O3S/c1-26(17-12-29-13-17)9-4-10-30(28,23-14-22)25-21(27)24-20-18-7-2-5-15(18)11-16-6-3-8-19(16)20/h4,10-11,17H,2-3,5-9,12-13H2,1H3,(H2,23,24,25,27,28)/b10-4+. The third-order valence-corrected chi connectivity index (χ3v) is 7.44. The van der Waals surface area contributed by atoms with Crippen molar-refractivity contribution in [1.29, 1.82) is 5.26 Å². The van der Waals surface area contributed by atoms with Crippen molar-refractivity contribution in [2.75, 3.05) is 32.1 Å². The topological polar surface area (TPSA) is 107 Å². The van der Waals surface area contributed by atoms with E-state index in [1.165, 1.54) is 27.7 Å². The number of carbonyl (C=O) groups is 1. The highest BCUT2D eigenvalue weighted by Crippen LogP contribution is 2.38. The summed E-state index contributed by atoms with van der Waals surface area (Å²) in [5.41, 5.74) is 5.85. The van der Waals surface area contributed by atoms with Crippen LogP contribution in [0.2, 0.25) is 0 Å². The van der Waals surface area contributed by atoms with E-state index in [4.69, 9.17) is 10.00 Å². The number of nitrogens with zero attached hydrogens (tertiary/aromatic N) is 3. The zero-order chi connectivity index (χ0) is 21.1. The van der Waals surface area contributed by atoms with Crippen LogP contribution in [0.3, 0.4) is 0 Å². The maximum atomic E-state index is 13.0. The van der Waals surface area contributed by atoms with E-state index in [0.717, 1.165) is 44.2 Å². The Morgan fingerprint density at radius 3 is 2.53 bits per heavy atom. The average molecular weight is 430 g/mol. The van der Waals surface area contributed by atoms with Crippen LogP contribution in [0.1, 0.15) is 35.1 Å². The van der Waals surface area contributed by atoms with Crippen LogP contribution in [0.15, 0.2) is 21.9 Å². The minimum Gasteiger partial charge on any atom is -0.378 e. The van der Waals surface area contributed by atoms with Crippen molar-refractivity contribution in [2.24, 2.45) is 4.36 Å². The van der Waals surface area contributed by atoms with Crippen LogP contribution in [0.5, 0.6) is 0 Å². The minimum atomic E-state index is -3.33. The van der Waals surface area contributed by atoms with Crippen molar-refractivity contribution in [3.05, 3.63) is 39.8 Å². The molecule has 1 fully saturated rings. The highest BCUT2D eigenvalue weighted by molar-refractivity contribution is 7.95. The first-order valence-corrected chi connectivity index (χ1v) is 11.9. The number of hydrogen-bond donors (Lipinski definition) is 2. The summed E-state index contributed by atoms with van der Waals surface area (Å²) < 4.78 is 24.1. The molecule has 1 aliphatic heterocycles. The average Bonchev–Trinajstić information content (AvgIpc) is 3.29. The third-order valence-electron chi connectivity index (χ3n) is 6.04. The van der Waals surface area contributed by atoms with Gasteiger partial charge in [-0.25, -0.2) is 13.7 Å². The van der Waals surface area contributed by atoms with Gasteiger partial charge in [-0.1, -0.05) is 16.5 Å². The molecule has 3 aliphatic rings. The zero-order valence-corrected chi connectivity index (χ0v) is 18.0. The Morgan fingerprint density at radius 2 is 1.97 bits per heavy atom. The Balaban J connectivity index is 1.48. The molecule has 9 heteroatoms. The molecule has 160 valence electrons. The van der Waals surface area contributed by atoms with Crippen LogP contribution in [0, 0.1) is 11.5 Å². The number of amides is 2. The summed E-state index contributed by atoms with van der Waals surface area (Å²) >= 11 is 0. The lowest BCUT2D eigenvalue weighted by molar-refractivity contribution is -0.0523. The van der Waals surface area contributed by atoms with E-state index in [2.05, 4.69) is 25.4 Å². The van der Waals surface area contributed by atoms with Crippen LogP contribution < -0.4 is 10.0 Å². The predicted octanol–water partition coefficient (Wildman–Crippen LogP) is 2.49. The lowest BCUT2D eigenvalue weighted by Crippen LogP contribution is -2.47. The van der Waals surface area contributed by atoms with Gasteiger partial charge in [-0.3, -0.25) is 4.90 Å². The van der Waals surface area contributed by atoms with E-state index >= 15 is 0 Å². The van der Waals surface area contributed by atoms with Crippen molar-refractivity contribution in [3.63, 3.8) is 0 Å². The van der Waals surface area contributed by atoms with Crippen molar-refractivity contribution < 1.29 is 13.7 Å². The van der Waals surface area contributed by atoms with Gasteiger partial charge in [0.25, 0.3) is 0 Å². The van der Waals surface area contributed by atoms with Crippen LogP contribution in [-0.4, -0.2) is 48.0 Å². The molecule has 8 nitrogen and oxygen atoms in total. The summed E-state index contributed by atoms with van der Waals surface area (Å²) in [7, 11) is -1.39. The third kappa shape index (κ3) is 4.36. The molecule has 0 saturated carbocycles. The first-order valence-electron chi connectivity index (χ1n) is 10.3. The zero-order valence-electron chi connectivity index (χ0n) is 17.1. The van der Waals surface area contributed by atoms with Crippen LogP contribution in [0.25, 0.3) is 0 Å². The molecule has 1 atom stereocenters. The van der Waals surface area contributed by atoms with Crippen molar-refractivity contribution in [3.8, 4) is 6.19 Å². The fraction of sp³-hybridized carbons (Fsp3) is 0.524. The predicted molar refractivity (Wildman–Crippen MR) is 115 cm³/mol. The molecule has 1 unspecified atom stereocenters. The maximum absolute atomic E-state index is 13.0. The van der Waals surface area contributed by atoms with Gasteiger partial charge in [0, 0.05) is 17.6 Å². The largest absolute Gasteiger partial charge is 0.378 e. The van der Waals surface area contributed by atoms with Gasteiger partial charge in [0.05, 0.1) is 19.3 Å². The number of aryl methyl sites for hydroxylation is 2. The van der Waals surface area contributed by atoms with Gasteiger partial charge >= 0.3 is 6.03 Å². The number of likely N-dealkylation sites (N-methyl/N-ethyl adjacent to an activating group) is 1. The Morgan fingerprint density at radius 1 is 1.30 bits per heavy atom. The molecule has 0 radical (unpaired) electrons. The number of ether oxygens (including phenoxy) is 1. The highest BCUT2D eigenvalue weighted by atomic mass is 32.2. The number of urea groups is 1. The molecule has 0 bridgehead atoms. The molecule has 2 aliphatic carbocycles. The molecule has 1 aromatic carbocycles. The molecular formula is C21H27N5O3S. The number of nitrogens with one attached hydrogen (secondary N) is 2. The highest BCUT2D eigenvalue weighted by Gasteiger charge is 2.26. The molecule has 0 aromatic heterocycles. The summed E-state index contributed by atoms with van der Waals surface area (Å²) in [6, 6.07) is 2.02. The number of hydrogen-bond acceptors (Lipinski definition) is 6. The summed E-state index contributed by atoms with van der Waals surface area (Å²) in [6.07, 6.45) is 9.33. The Hall–Kier alpha value is -2.41. The monoisotopic (exact) mass is 429 g/mol. The molecule has 0 spiro atoms. The second kappa shape index (κ2) is 8.76. The van der Waals surface area contributed by atoms with Gasteiger partial charge < -0.3 is 10.1 Å². The maximum Gasteiger partial charge on any atom is 0.331 e. The number of rotatable bonds is 6. The van der Waals surface area contributed by atoms with Crippen LogP contribution >= 0.6 is 0 Å². The molecule has 30 heavy (non-hydrogen) atoms. The van der Waals surface area contributed by atoms with Gasteiger partial charge in [0.15, 0.2) is 9.92 Å². The van der Waals surface area contributed by atoms with E-state index in [1.54, 1.807) is 12.3 Å². The van der Waals surface area contributed by atoms with Gasteiger partial charge in [-0.15, -0.1) is 0 Å². The lowest BCUT2D eigenvalue weighted by Gasteiger charge is -2.33. The second-order valence-electron chi connectivity index (χ2n) is 8.05. The van der Waals surface area contributed by atoms with E-state index in [1.807, 2.05) is 7.05 Å². The second-order valence-corrected chi connectivity index (χ2v) is 9.85. The smallest absolute Gasteiger partial charge is 0.331 e. The normalized spacial score (nSPS) is 19.6. The van der Waals surface area contributed by atoms with Crippen LogP contribution in [0.4, 0.5) is 10.5 Å². The van der Waals surface area contributed by atoms with Gasteiger partial charge in [-0.05, 0) is 67.8 Å². The summed E-state index contributed by atoms with van der Waals surface area (Å²) in [5, 5.41) is 13.2. The number of fused-ring (bicyclic) bond motifs is 2. The Labute approximate surface area is 177 Å². The minimum absolute atomic E-state index is 0.331. The van der Waals surface area contributed by atoms with Gasteiger partial charge in [0.1, 0.15) is 0 Å². The SMILES string of the molecule is CN(C/C=C/S(=O)(=NC#N)NC(=O)Nc1c2c(cc3c1CCC3)CCC2)C1COC1. The number of nitriles is 1. The number of benzene rings is 1. The van der Waals surface area contributed by atoms with Crippen molar-refractivity contribution >= 4 is 21.6 Å². The van der Waals surface area contributed by atoms with Gasteiger partial charge in [0.2, 0.25) is 6.19 Å². The molecule has 2 N–H and O–H groups in total. The Kier molecular flexibility index (Phi) is 6.09. The van der Waals surface area contributed by atoms with E-state index in [0.29, 0.717) is 25.8 Å². The molecule has 2 amide bonds. The fourth-order valence-electron chi connectivity index (χ4n) is 4.35. The molecular weight excluding hydrogens is 402 g/mol. The quantitative estimate of drug-likeness (QED) is 0.676. The van der Waals surface area contributed by atoms with E-state index in [-0.39, 0.29) is 0 Å². The van der Waals surface area contributed by atoms with Crippen molar-refractivity contribution in [2.45, 2.75) is 44.6 Å². The lowest BCUT2D eigenvalue weighted by atomic mass is 9.99. The summed E-state index contributed by atoms with van der Waals surface area (Å²) in [5.74, 6) is 0. The Bertz CT molecular complexity index is 1000. The molecule has 1 heterocycles.